The third kappa shape index (κ3) is 2.03. The summed E-state index contributed by atoms with van der Waals surface area (Å²) in [5.41, 5.74) is 2.49. The third-order valence-electron chi connectivity index (χ3n) is 7.33. The Morgan fingerprint density at radius 2 is 1.92 bits per heavy atom. The van der Waals surface area contributed by atoms with Gasteiger partial charge < -0.3 is 19.7 Å². The fourth-order valence-corrected chi connectivity index (χ4v) is 6.14. The van der Waals surface area contributed by atoms with Crippen LogP contribution in [0.25, 0.3) is 0 Å². The highest BCUT2D eigenvalue weighted by atomic mass is 16.7. The Bertz CT molecular complexity index is 639. The molecular formula is C20H28O4. The van der Waals surface area contributed by atoms with Crippen molar-refractivity contribution in [2.24, 2.45) is 17.3 Å². The Hall–Kier alpha value is -1.10. The molecule has 2 N–H and O–H groups in total. The highest BCUT2D eigenvalue weighted by molar-refractivity contribution is 5.40. The molecule has 1 unspecified atom stereocenters. The van der Waals surface area contributed by atoms with E-state index in [1.807, 2.05) is 6.07 Å². The lowest BCUT2D eigenvalue weighted by Gasteiger charge is -2.53. The number of rotatable bonds is 2. The molecule has 4 nitrogen and oxygen atoms in total. The number of hydrogen-bond acceptors (Lipinski definition) is 4. The van der Waals surface area contributed by atoms with E-state index in [1.54, 1.807) is 20.3 Å². The van der Waals surface area contributed by atoms with Crippen LogP contribution in [0.4, 0.5) is 0 Å². The molecule has 0 aliphatic heterocycles. The Kier molecular flexibility index (Phi) is 3.72. The Morgan fingerprint density at radius 3 is 2.62 bits per heavy atom. The van der Waals surface area contributed by atoms with Gasteiger partial charge in [0.1, 0.15) is 5.75 Å². The lowest BCUT2D eigenvalue weighted by Crippen LogP contribution is -2.52. The quantitative estimate of drug-likeness (QED) is 0.817. The molecule has 4 heteroatoms. The molecule has 0 aromatic heterocycles. The van der Waals surface area contributed by atoms with Crippen molar-refractivity contribution in [3.8, 4) is 5.75 Å². The number of phenols is 1. The van der Waals surface area contributed by atoms with Crippen LogP contribution in [0.15, 0.2) is 18.2 Å². The summed E-state index contributed by atoms with van der Waals surface area (Å²) in [4.78, 5) is 0. The van der Waals surface area contributed by atoms with Crippen molar-refractivity contribution in [1.82, 2.24) is 0 Å². The maximum absolute atomic E-state index is 10.8. The number of methoxy groups -OCH3 is 2. The molecule has 0 spiro atoms. The number of phenolic OH excluding ortho intramolecular Hbond substituents is 1. The summed E-state index contributed by atoms with van der Waals surface area (Å²) in [7, 11) is 3.42. The van der Waals surface area contributed by atoms with Crippen molar-refractivity contribution in [1.29, 1.82) is 0 Å². The molecule has 3 aliphatic carbocycles. The van der Waals surface area contributed by atoms with Gasteiger partial charge in [0.15, 0.2) is 5.79 Å². The van der Waals surface area contributed by atoms with E-state index in [2.05, 4.69) is 13.0 Å². The number of aryl methyl sites for hydroxylation is 1. The average Bonchev–Trinajstić information content (AvgIpc) is 2.82. The van der Waals surface area contributed by atoms with E-state index >= 15 is 0 Å². The maximum Gasteiger partial charge on any atom is 0.173 e. The fourth-order valence-electron chi connectivity index (χ4n) is 6.14. The van der Waals surface area contributed by atoms with Gasteiger partial charge in [-0.25, -0.2) is 0 Å². The van der Waals surface area contributed by atoms with Crippen LogP contribution in [0.1, 0.15) is 49.7 Å². The normalized spacial score (nSPS) is 39.8. The SMILES string of the molecule is COC1(OC)CC(O)[C@@]2(C)CC[C@@H]3c4ccc(O)cc4CC[C@H]3[C@H]12. The van der Waals surface area contributed by atoms with Crippen LogP contribution in [0, 0.1) is 17.3 Å². The molecule has 1 aromatic carbocycles. The second-order valence-electron chi connectivity index (χ2n) is 8.15. The predicted molar refractivity (Wildman–Crippen MR) is 90.9 cm³/mol. The van der Waals surface area contributed by atoms with Crippen LogP contribution in [-0.2, 0) is 15.9 Å². The molecule has 2 fully saturated rings. The van der Waals surface area contributed by atoms with Crippen LogP contribution in [-0.4, -0.2) is 36.3 Å². The van der Waals surface area contributed by atoms with E-state index in [0.717, 1.165) is 25.7 Å². The maximum atomic E-state index is 10.8. The lowest BCUT2D eigenvalue weighted by molar-refractivity contribution is -0.255. The van der Waals surface area contributed by atoms with Crippen molar-refractivity contribution in [2.75, 3.05) is 14.2 Å². The molecule has 0 radical (unpaired) electrons. The Labute approximate surface area is 143 Å². The molecule has 0 bridgehead atoms. The van der Waals surface area contributed by atoms with Gasteiger partial charge in [-0.05, 0) is 60.8 Å². The topological polar surface area (TPSA) is 58.9 Å². The van der Waals surface area contributed by atoms with Gasteiger partial charge in [0.05, 0.1) is 6.10 Å². The lowest BCUT2D eigenvalue weighted by atomic mass is 9.54. The van der Waals surface area contributed by atoms with Crippen molar-refractivity contribution in [3.05, 3.63) is 29.3 Å². The minimum atomic E-state index is -0.689. The second kappa shape index (κ2) is 5.45. The Morgan fingerprint density at radius 1 is 1.17 bits per heavy atom. The number of benzene rings is 1. The van der Waals surface area contributed by atoms with Gasteiger partial charge >= 0.3 is 0 Å². The fraction of sp³-hybridized carbons (Fsp3) is 0.700. The zero-order valence-electron chi connectivity index (χ0n) is 14.8. The van der Waals surface area contributed by atoms with Crippen molar-refractivity contribution in [3.63, 3.8) is 0 Å². The molecule has 4 rings (SSSR count). The highest BCUT2D eigenvalue weighted by Crippen LogP contribution is 2.64. The van der Waals surface area contributed by atoms with E-state index in [4.69, 9.17) is 9.47 Å². The highest BCUT2D eigenvalue weighted by Gasteiger charge is 2.66. The molecule has 0 saturated heterocycles. The summed E-state index contributed by atoms with van der Waals surface area (Å²) >= 11 is 0. The molecule has 3 aliphatic rings. The van der Waals surface area contributed by atoms with Crippen LogP contribution in [0.2, 0.25) is 0 Å². The summed E-state index contributed by atoms with van der Waals surface area (Å²) in [6, 6.07) is 5.82. The Balaban J connectivity index is 1.78. The molecule has 5 atom stereocenters. The number of aliphatic hydroxyl groups excluding tert-OH is 1. The van der Waals surface area contributed by atoms with E-state index in [1.165, 1.54) is 11.1 Å². The minimum absolute atomic E-state index is 0.151. The van der Waals surface area contributed by atoms with E-state index in [9.17, 15) is 10.2 Å². The number of aliphatic hydroxyl groups is 1. The first kappa shape index (κ1) is 16.4. The molecule has 1 aromatic rings. The number of hydrogen-bond donors (Lipinski definition) is 2. The summed E-state index contributed by atoms with van der Waals surface area (Å²) < 4.78 is 11.8. The monoisotopic (exact) mass is 332 g/mol. The van der Waals surface area contributed by atoms with Crippen LogP contribution >= 0.6 is 0 Å². The standard InChI is InChI=1S/C20H28O4/c1-19-9-8-15-14-7-5-13(21)10-12(14)4-6-16(15)18(19)20(23-2,24-3)11-17(19)22/h5,7,10,15-18,21-22H,4,6,8-9,11H2,1-3H3/t15-,16-,17?,18+,19-/m1/s1. The summed E-state index contributed by atoms with van der Waals surface area (Å²) in [6.07, 6.45) is 4.25. The molecule has 0 amide bonds. The number of ether oxygens (including phenoxy) is 2. The van der Waals surface area contributed by atoms with Crippen molar-refractivity contribution < 1.29 is 19.7 Å². The molecular weight excluding hydrogens is 304 g/mol. The zero-order chi connectivity index (χ0) is 17.1. The third-order valence-corrected chi connectivity index (χ3v) is 7.33. The van der Waals surface area contributed by atoms with Crippen LogP contribution < -0.4 is 0 Å². The summed E-state index contributed by atoms with van der Waals surface area (Å²) in [6.45, 7) is 2.21. The van der Waals surface area contributed by atoms with Crippen LogP contribution in [0.5, 0.6) is 5.75 Å². The summed E-state index contributed by atoms with van der Waals surface area (Å²) in [5.74, 6) is 0.759. The first-order chi connectivity index (χ1) is 11.4. The first-order valence-electron chi connectivity index (χ1n) is 9.05. The molecule has 0 heterocycles. The van der Waals surface area contributed by atoms with Crippen molar-refractivity contribution >= 4 is 0 Å². The smallest absolute Gasteiger partial charge is 0.173 e. The van der Waals surface area contributed by atoms with Gasteiger partial charge in [0.25, 0.3) is 0 Å². The van der Waals surface area contributed by atoms with Gasteiger partial charge in [-0.1, -0.05) is 13.0 Å². The van der Waals surface area contributed by atoms with Gasteiger partial charge in [-0.2, -0.15) is 0 Å². The number of fused-ring (bicyclic) bond motifs is 5. The second-order valence-corrected chi connectivity index (χ2v) is 8.15. The first-order valence-corrected chi connectivity index (χ1v) is 9.05. The molecule has 132 valence electrons. The van der Waals surface area contributed by atoms with Gasteiger partial charge in [0.2, 0.25) is 0 Å². The van der Waals surface area contributed by atoms with Crippen molar-refractivity contribution in [2.45, 2.75) is 56.8 Å². The zero-order valence-corrected chi connectivity index (χ0v) is 14.8. The minimum Gasteiger partial charge on any atom is -0.508 e. The van der Waals surface area contributed by atoms with E-state index in [0.29, 0.717) is 24.0 Å². The van der Waals surface area contributed by atoms with Crippen LogP contribution in [0.3, 0.4) is 0 Å². The largest absolute Gasteiger partial charge is 0.508 e. The predicted octanol–water partition coefficient (Wildman–Crippen LogP) is 3.21. The molecule has 24 heavy (non-hydrogen) atoms. The number of aromatic hydroxyl groups is 1. The van der Waals surface area contributed by atoms with E-state index < -0.39 is 5.79 Å². The van der Waals surface area contributed by atoms with Gasteiger partial charge in [0, 0.05) is 32.0 Å². The average molecular weight is 332 g/mol. The van der Waals surface area contributed by atoms with Gasteiger partial charge in [-0.15, -0.1) is 0 Å². The summed E-state index contributed by atoms with van der Waals surface area (Å²) in [5, 5.41) is 20.6. The van der Waals surface area contributed by atoms with E-state index in [-0.39, 0.29) is 17.4 Å². The molecule has 2 saturated carbocycles. The van der Waals surface area contributed by atoms with Gasteiger partial charge in [-0.3, -0.25) is 0 Å².